The molecule has 3 nitrogen and oxygen atoms in total. The average Bonchev–Trinajstić information content (AvgIpc) is 2.61. The van der Waals surface area contributed by atoms with Crippen LogP contribution < -0.4 is 5.32 Å². The van der Waals surface area contributed by atoms with Gasteiger partial charge in [-0.1, -0.05) is 13.8 Å². The lowest BCUT2D eigenvalue weighted by Gasteiger charge is -2.16. The smallest absolute Gasteiger partial charge is 0.118 e. The van der Waals surface area contributed by atoms with Crippen molar-refractivity contribution in [3.63, 3.8) is 0 Å². The molecule has 1 heterocycles. The molecule has 0 bridgehead atoms. The highest BCUT2D eigenvalue weighted by Gasteiger charge is 2.20. The van der Waals surface area contributed by atoms with Crippen molar-refractivity contribution in [3.8, 4) is 0 Å². The van der Waals surface area contributed by atoms with Crippen molar-refractivity contribution in [2.75, 3.05) is 0 Å². The second-order valence-corrected chi connectivity index (χ2v) is 7.71. The minimum atomic E-state index is -0.902. The van der Waals surface area contributed by atoms with Crippen LogP contribution in [0.5, 0.6) is 0 Å². The van der Waals surface area contributed by atoms with Gasteiger partial charge in [0.05, 0.1) is 12.3 Å². The maximum atomic E-state index is 11.9. The van der Waals surface area contributed by atoms with E-state index in [0.29, 0.717) is 11.8 Å². The van der Waals surface area contributed by atoms with Crippen molar-refractivity contribution in [2.24, 2.45) is 0 Å². The molecule has 4 heteroatoms. The highest BCUT2D eigenvalue weighted by Crippen LogP contribution is 2.18. The Kier molecular flexibility index (Phi) is 4.95. The van der Waals surface area contributed by atoms with Crippen LogP contribution in [0.1, 0.15) is 46.1 Å². The molecule has 0 aliphatic rings. The Hall–Kier alpha value is -0.610. The first-order valence-electron chi connectivity index (χ1n) is 5.98. The second-order valence-electron chi connectivity index (χ2n) is 5.51. The molecule has 1 aromatic rings. The lowest BCUT2D eigenvalue weighted by Crippen LogP contribution is -2.22. The van der Waals surface area contributed by atoms with Crippen LogP contribution in [0.15, 0.2) is 16.5 Å². The molecule has 1 rings (SSSR count). The highest BCUT2D eigenvalue weighted by atomic mass is 32.2. The molecular weight excluding hydrogens is 234 g/mol. The summed E-state index contributed by atoms with van der Waals surface area (Å²) in [6.07, 6.45) is 0. The van der Waals surface area contributed by atoms with Gasteiger partial charge in [0.15, 0.2) is 0 Å². The minimum Gasteiger partial charge on any atom is -0.464 e. The molecule has 0 spiro atoms. The molecule has 1 unspecified atom stereocenters. The molecule has 1 aromatic heterocycles. The first-order valence-corrected chi connectivity index (χ1v) is 7.30. The fourth-order valence-electron chi connectivity index (χ4n) is 1.25. The van der Waals surface area contributed by atoms with Crippen molar-refractivity contribution in [1.82, 2.24) is 5.32 Å². The number of nitrogens with one attached hydrogen (secondary N) is 1. The summed E-state index contributed by atoms with van der Waals surface area (Å²) in [5, 5.41) is 3.29. The monoisotopic (exact) mass is 257 g/mol. The van der Waals surface area contributed by atoms with Gasteiger partial charge < -0.3 is 9.73 Å². The molecule has 0 radical (unpaired) electrons. The normalized spacial score (nSPS) is 14.2. The molecule has 0 saturated heterocycles. The molecule has 17 heavy (non-hydrogen) atoms. The van der Waals surface area contributed by atoms with E-state index in [2.05, 4.69) is 19.2 Å². The van der Waals surface area contributed by atoms with Crippen LogP contribution in [0.3, 0.4) is 0 Å². The third kappa shape index (κ3) is 5.04. The number of rotatable bonds is 5. The van der Waals surface area contributed by atoms with Crippen LogP contribution in [0, 0.1) is 0 Å². The van der Waals surface area contributed by atoms with Crippen LogP contribution >= 0.6 is 0 Å². The first kappa shape index (κ1) is 14.5. The predicted molar refractivity (Wildman–Crippen MR) is 72.3 cm³/mol. The van der Waals surface area contributed by atoms with E-state index in [9.17, 15) is 4.21 Å². The lowest BCUT2D eigenvalue weighted by molar-refractivity contribution is 0.444. The SMILES string of the molecule is CC(C)NCc1ccc(CS(=O)C(C)(C)C)o1. The van der Waals surface area contributed by atoms with E-state index in [0.717, 1.165) is 18.1 Å². The van der Waals surface area contributed by atoms with E-state index in [1.54, 1.807) is 0 Å². The molecule has 1 N–H and O–H groups in total. The molecule has 0 saturated carbocycles. The first-order chi connectivity index (χ1) is 7.79. The van der Waals surface area contributed by atoms with Crippen LogP contribution in [0.2, 0.25) is 0 Å². The Morgan fingerprint density at radius 2 is 1.88 bits per heavy atom. The van der Waals surface area contributed by atoms with Gasteiger partial charge in [-0.15, -0.1) is 0 Å². The van der Waals surface area contributed by atoms with E-state index in [1.165, 1.54) is 0 Å². The summed E-state index contributed by atoms with van der Waals surface area (Å²) in [5.41, 5.74) is 0. The van der Waals surface area contributed by atoms with Gasteiger partial charge in [-0.05, 0) is 32.9 Å². The molecule has 0 aromatic carbocycles. The second kappa shape index (κ2) is 5.83. The Morgan fingerprint density at radius 3 is 2.41 bits per heavy atom. The fourth-order valence-corrected chi connectivity index (χ4v) is 2.09. The summed E-state index contributed by atoms with van der Waals surface area (Å²) in [7, 11) is -0.902. The molecule has 1 atom stereocenters. The van der Waals surface area contributed by atoms with Crippen molar-refractivity contribution in [3.05, 3.63) is 23.7 Å². The molecule has 0 aliphatic heterocycles. The Morgan fingerprint density at radius 1 is 1.29 bits per heavy atom. The predicted octanol–water partition coefficient (Wildman–Crippen LogP) is 2.82. The summed E-state index contributed by atoms with van der Waals surface area (Å²) >= 11 is 0. The largest absolute Gasteiger partial charge is 0.464 e. The topological polar surface area (TPSA) is 42.2 Å². The van der Waals surface area contributed by atoms with Crippen LogP contribution in [0.25, 0.3) is 0 Å². The molecule has 98 valence electrons. The number of hydrogen-bond donors (Lipinski definition) is 1. The number of furan rings is 1. The van der Waals surface area contributed by atoms with Gasteiger partial charge in [0.25, 0.3) is 0 Å². The van der Waals surface area contributed by atoms with Crippen LogP contribution in [-0.2, 0) is 23.1 Å². The van der Waals surface area contributed by atoms with Gasteiger partial charge in [-0.2, -0.15) is 0 Å². The fraction of sp³-hybridized carbons (Fsp3) is 0.692. The van der Waals surface area contributed by atoms with Crippen molar-refractivity contribution in [1.29, 1.82) is 0 Å². The van der Waals surface area contributed by atoms with E-state index in [-0.39, 0.29) is 4.75 Å². The minimum absolute atomic E-state index is 0.191. The maximum Gasteiger partial charge on any atom is 0.118 e. The third-order valence-corrected chi connectivity index (χ3v) is 4.27. The van der Waals surface area contributed by atoms with E-state index < -0.39 is 10.8 Å². The molecule has 0 amide bonds. The zero-order valence-corrected chi connectivity index (χ0v) is 12.2. The lowest BCUT2D eigenvalue weighted by atomic mass is 10.3. The Balaban J connectivity index is 2.54. The molecular formula is C13H23NO2S. The summed E-state index contributed by atoms with van der Waals surface area (Å²) < 4.78 is 17.4. The summed E-state index contributed by atoms with van der Waals surface area (Å²) in [6.45, 7) is 10.9. The van der Waals surface area contributed by atoms with Crippen LogP contribution in [-0.4, -0.2) is 15.0 Å². The third-order valence-electron chi connectivity index (χ3n) is 2.36. The Bertz CT molecular complexity index is 377. The van der Waals surface area contributed by atoms with Gasteiger partial charge in [-0.25, -0.2) is 0 Å². The van der Waals surface area contributed by atoms with E-state index in [4.69, 9.17) is 4.42 Å². The number of hydrogen-bond acceptors (Lipinski definition) is 3. The standard InChI is InChI=1S/C13H23NO2S/c1-10(2)14-8-11-6-7-12(16-11)9-17(15)13(3,4)5/h6-7,10,14H,8-9H2,1-5H3. The van der Waals surface area contributed by atoms with Gasteiger partial charge in [0, 0.05) is 21.6 Å². The molecule has 0 fully saturated rings. The average molecular weight is 257 g/mol. The summed E-state index contributed by atoms with van der Waals surface area (Å²) in [6, 6.07) is 4.30. The maximum absolute atomic E-state index is 11.9. The summed E-state index contributed by atoms with van der Waals surface area (Å²) in [5.74, 6) is 2.20. The van der Waals surface area contributed by atoms with Crippen molar-refractivity contribution >= 4 is 10.8 Å². The van der Waals surface area contributed by atoms with Gasteiger partial charge in [0.1, 0.15) is 11.5 Å². The zero-order chi connectivity index (χ0) is 13.1. The van der Waals surface area contributed by atoms with Gasteiger partial charge in [-0.3, -0.25) is 4.21 Å². The van der Waals surface area contributed by atoms with Crippen LogP contribution in [0.4, 0.5) is 0 Å². The summed E-state index contributed by atoms with van der Waals surface area (Å²) in [4.78, 5) is 0. The van der Waals surface area contributed by atoms with Crippen molar-refractivity contribution < 1.29 is 8.63 Å². The zero-order valence-electron chi connectivity index (χ0n) is 11.4. The molecule has 0 aliphatic carbocycles. The van der Waals surface area contributed by atoms with E-state index in [1.807, 2.05) is 32.9 Å². The van der Waals surface area contributed by atoms with Crippen molar-refractivity contribution in [2.45, 2.75) is 57.7 Å². The van der Waals surface area contributed by atoms with Gasteiger partial charge in [0.2, 0.25) is 0 Å². The quantitative estimate of drug-likeness (QED) is 0.882. The highest BCUT2D eigenvalue weighted by molar-refractivity contribution is 7.85. The van der Waals surface area contributed by atoms with Gasteiger partial charge >= 0.3 is 0 Å². The Labute approximate surface area is 106 Å². The van der Waals surface area contributed by atoms with E-state index >= 15 is 0 Å².